The van der Waals surface area contributed by atoms with Crippen LogP contribution >= 0.6 is 34.4 Å². The zero-order valence-electron chi connectivity index (χ0n) is 16.0. The molecule has 30 heavy (non-hydrogen) atoms. The van der Waals surface area contributed by atoms with Crippen LogP contribution in [-0.2, 0) is 0 Å². The van der Waals surface area contributed by atoms with Crippen LogP contribution in [0.3, 0.4) is 0 Å². The molecule has 1 aromatic carbocycles. The number of ether oxygens (including phenoxy) is 1. The van der Waals surface area contributed by atoms with Gasteiger partial charge in [-0.2, -0.15) is 5.26 Å². The van der Waals surface area contributed by atoms with Crippen LogP contribution in [0.2, 0.25) is 0 Å². The molecule has 7 heteroatoms. The molecule has 4 nitrogen and oxygen atoms in total. The molecule has 148 valence electrons. The van der Waals surface area contributed by atoms with E-state index in [0.717, 1.165) is 21.0 Å². The van der Waals surface area contributed by atoms with E-state index in [2.05, 4.69) is 6.07 Å². The summed E-state index contributed by atoms with van der Waals surface area (Å²) < 4.78 is 5.14. The molecule has 0 spiro atoms. The van der Waals surface area contributed by atoms with Crippen molar-refractivity contribution in [1.29, 1.82) is 5.26 Å². The van der Waals surface area contributed by atoms with E-state index < -0.39 is 0 Å². The predicted molar refractivity (Wildman–Crippen MR) is 124 cm³/mol. The van der Waals surface area contributed by atoms with E-state index in [-0.39, 0.29) is 11.5 Å². The minimum atomic E-state index is -0.0208. The number of carbonyl (C=O) groups is 1. The molecule has 3 heterocycles. The number of nitrogens with zero attached hydrogens (tertiary/aromatic N) is 2. The monoisotopic (exact) mass is 448 g/mol. The molecule has 0 aliphatic rings. The zero-order valence-corrected chi connectivity index (χ0v) is 18.4. The summed E-state index contributed by atoms with van der Waals surface area (Å²) in [6.07, 6.45) is 0. The van der Waals surface area contributed by atoms with E-state index in [1.54, 1.807) is 54.0 Å². The topological polar surface area (TPSA) is 63.0 Å². The first-order valence-corrected chi connectivity index (χ1v) is 11.8. The number of rotatable bonds is 7. The van der Waals surface area contributed by atoms with E-state index >= 15 is 0 Å². The highest BCUT2D eigenvalue weighted by Crippen LogP contribution is 2.37. The van der Waals surface area contributed by atoms with Crippen molar-refractivity contribution in [1.82, 2.24) is 4.98 Å². The Hall–Kier alpha value is -2.92. The summed E-state index contributed by atoms with van der Waals surface area (Å²) in [4.78, 5) is 19.4. The minimum Gasteiger partial charge on any atom is -0.497 e. The number of benzene rings is 1. The molecule has 0 unspecified atom stereocenters. The molecule has 0 saturated carbocycles. The van der Waals surface area contributed by atoms with Gasteiger partial charge >= 0.3 is 0 Å². The van der Waals surface area contributed by atoms with Crippen LogP contribution in [0.5, 0.6) is 5.75 Å². The van der Waals surface area contributed by atoms with E-state index in [0.29, 0.717) is 21.9 Å². The molecule has 0 fully saturated rings. The number of pyridine rings is 1. The number of nitriles is 1. The summed E-state index contributed by atoms with van der Waals surface area (Å²) in [6.45, 7) is 0. The highest BCUT2D eigenvalue weighted by molar-refractivity contribution is 8.00. The smallest absolute Gasteiger partial charge is 0.173 e. The number of carbonyl (C=O) groups excluding carboxylic acids is 1. The Labute approximate surface area is 186 Å². The van der Waals surface area contributed by atoms with Crippen LogP contribution in [0, 0.1) is 11.3 Å². The zero-order chi connectivity index (χ0) is 20.9. The van der Waals surface area contributed by atoms with Gasteiger partial charge in [0, 0.05) is 16.0 Å². The molecule has 0 amide bonds. The SMILES string of the molecule is COc1ccc(C(=O)CSc2nc(-c3cccs3)cc(-c3cccs3)c2C#N)cc1. The van der Waals surface area contributed by atoms with Gasteiger partial charge in [0.25, 0.3) is 0 Å². The number of hydrogen-bond acceptors (Lipinski definition) is 7. The van der Waals surface area contributed by atoms with Crippen molar-refractivity contribution < 1.29 is 9.53 Å². The molecule has 0 bridgehead atoms. The van der Waals surface area contributed by atoms with Gasteiger partial charge in [0.1, 0.15) is 16.8 Å². The molecule has 3 aromatic heterocycles. The number of methoxy groups -OCH3 is 1. The molecule has 0 radical (unpaired) electrons. The molecule has 0 saturated heterocycles. The highest BCUT2D eigenvalue weighted by Gasteiger charge is 2.18. The maximum atomic E-state index is 12.7. The molecule has 4 aromatic rings. The Balaban J connectivity index is 1.67. The third-order valence-corrected chi connectivity index (χ3v) is 7.18. The van der Waals surface area contributed by atoms with Crippen molar-refractivity contribution in [3.05, 3.63) is 76.5 Å². The molecule has 0 aliphatic carbocycles. The van der Waals surface area contributed by atoms with E-state index in [9.17, 15) is 10.1 Å². The normalized spacial score (nSPS) is 10.5. The van der Waals surface area contributed by atoms with E-state index in [4.69, 9.17) is 9.72 Å². The number of thiophene rings is 2. The fourth-order valence-electron chi connectivity index (χ4n) is 2.90. The Bertz CT molecular complexity index is 1190. The average molecular weight is 449 g/mol. The lowest BCUT2D eigenvalue weighted by Gasteiger charge is -2.10. The molecule has 0 N–H and O–H groups in total. The molecule has 0 aliphatic heterocycles. The van der Waals surface area contributed by atoms with Crippen molar-refractivity contribution in [2.75, 3.05) is 12.9 Å². The lowest BCUT2D eigenvalue weighted by atomic mass is 10.1. The summed E-state index contributed by atoms with van der Waals surface area (Å²) >= 11 is 4.48. The van der Waals surface area contributed by atoms with Gasteiger partial charge in [-0.15, -0.1) is 22.7 Å². The van der Waals surface area contributed by atoms with Crippen LogP contribution in [0.1, 0.15) is 15.9 Å². The summed E-state index contributed by atoms with van der Waals surface area (Å²) in [7, 11) is 1.59. The molecular formula is C23H16N2O2S3. The first kappa shape index (κ1) is 20.4. The van der Waals surface area contributed by atoms with Gasteiger partial charge in [-0.25, -0.2) is 4.98 Å². The Morgan fingerprint density at radius 1 is 1.10 bits per heavy atom. The fraction of sp³-hybridized carbons (Fsp3) is 0.0870. The third kappa shape index (κ3) is 4.31. The Kier molecular flexibility index (Phi) is 6.29. The van der Waals surface area contributed by atoms with E-state index in [1.807, 2.05) is 41.1 Å². The van der Waals surface area contributed by atoms with Crippen LogP contribution < -0.4 is 4.74 Å². The van der Waals surface area contributed by atoms with E-state index in [1.165, 1.54) is 11.8 Å². The van der Waals surface area contributed by atoms with Gasteiger partial charge in [0.15, 0.2) is 5.78 Å². The van der Waals surface area contributed by atoms with Gasteiger partial charge in [-0.1, -0.05) is 23.9 Å². The third-order valence-electron chi connectivity index (χ3n) is 4.41. The quantitative estimate of drug-likeness (QED) is 0.242. The number of ketones is 1. The maximum Gasteiger partial charge on any atom is 0.173 e. The Morgan fingerprint density at radius 3 is 2.40 bits per heavy atom. The summed E-state index contributed by atoms with van der Waals surface area (Å²) in [6, 6.07) is 19.2. The summed E-state index contributed by atoms with van der Waals surface area (Å²) in [5.41, 5.74) is 2.78. The lowest BCUT2D eigenvalue weighted by Crippen LogP contribution is -2.04. The van der Waals surface area contributed by atoms with Crippen molar-refractivity contribution in [3.63, 3.8) is 0 Å². The van der Waals surface area contributed by atoms with Crippen LogP contribution in [0.15, 0.2) is 70.4 Å². The number of aromatic nitrogens is 1. The number of hydrogen-bond donors (Lipinski definition) is 0. The van der Waals surface area contributed by atoms with Crippen LogP contribution in [-0.4, -0.2) is 23.6 Å². The fourth-order valence-corrected chi connectivity index (χ4v) is 5.24. The second kappa shape index (κ2) is 9.26. The molecule has 0 atom stereocenters. The van der Waals surface area contributed by atoms with Crippen molar-refractivity contribution >= 4 is 40.2 Å². The maximum absolute atomic E-state index is 12.7. The standard InChI is InChI=1S/C23H16N2O2S3/c1-27-16-8-6-15(7-9-16)20(26)14-30-23-18(13-24)17(21-4-2-10-28-21)12-19(25-23)22-5-3-11-29-22/h2-12H,14H2,1H3. The van der Waals surface area contributed by atoms with Gasteiger partial charge in [-0.05, 0) is 53.2 Å². The van der Waals surface area contributed by atoms with Gasteiger partial charge in [0.05, 0.1) is 29.0 Å². The van der Waals surface area contributed by atoms with Gasteiger partial charge < -0.3 is 4.74 Å². The second-order valence-corrected chi connectivity index (χ2v) is 9.10. The summed E-state index contributed by atoms with van der Waals surface area (Å²) in [5.74, 6) is 0.885. The van der Waals surface area contributed by atoms with Gasteiger partial charge in [0.2, 0.25) is 0 Å². The first-order chi connectivity index (χ1) is 14.7. The van der Waals surface area contributed by atoms with Crippen molar-refractivity contribution in [3.8, 4) is 32.8 Å². The largest absolute Gasteiger partial charge is 0.497 e. The molecule has 4 rings (SSSR count). The van der Waals surface area contributed by atoms with Gasteiger partial charge in [-0.3, -0.25) is 4.79 Å². The average Bonchev–Trinajstić information content (AvgIpc) is 3.51. The first-order valence-electron chi connectivity index (χ1n) is 9.02. The lowest BCUT2D eigenvalue weighted by molar-refractivity contribution is 0.102. The van der Waals surface area contributed by atoms with Crippen molar-refractivity contribution in [2.45, 2.75) is 5.03 Å². The number of Topliss-reactive ketones (excluding diaryl/α,β-unsaturated/α-hetero) is 1. The van der Waals surface area contributed by atoms with Crippen LogP contribution in [0.4, 0.5) is 0 Å². The minimum absolute atomic E-state index is 0.0208. The highest BCUT2D eigenvalue weighted by atomic mass is 32.2. The number of thioether (sulfide) groups is 1. The summed E-state index contributed by atoms with van der Waals surface area (Å²) in [5, 5.41) is 14.4. The molecular weight excluding hydrogens is 432 g/mol. The predicted octanol–water partition coefficient (Wildman–Crippen LogP) is 6.39. The second-order valence-electron chi connectivity index (χ2n) is 6.24. The Morgan fingerprint density at radius 2 is 1.80 bits per heavy atom. The van der Waals surface area contributed by atoms with Crippen LogP contribution in [0.25, 0.3) is 21.0 Å². The van der Waals surface area contributed by atoms with Crippen molar-refractivity contribution in [2.24, 2.45) is 0 Å².